The number of aryl methyl sites for hydroxylation is 1. The van der Waals surface area contributed by atoms with E-state index in [0.29, 0.717) is 34.4 Å². The summed E-state index contributed by atoms with van der Waals surface area (Å²) in [4.78, 5) is 31.6. The third kappa shape index (κ3) is 4.42. The van der Waals surface area contributed by atoms with Gasteiger partial charge in [-0.25, -0.2) is 14.6 Å². The summed E-state index contributed by atoms with van der Waals surface area (Å²) in [6, 6.07) is 15.0. The minimum Gasteiger partial charge on any atom is -0.478 e. The summed E-state index contributed by atoms with van der Waals surface area (Å²) >= 11 is 0. The van der Waals surface area contributed by atoms with Crippen LogP contribution in [0.2, 0.25) is 0 Å². The van der Waals surface area contributed by atoms with Crippen molar-refractivity contribution in [3.8, 4) is 0 Å². The number of aromatic nitrogens is 2. The van der Waals surface area contributed by atoms with Gasteiger partial charge in [0, 0.05) is 17.4 Å². The lowest BCUT2D eigenvalue weighted by molar-refractivity contribution is 0.0600. The van der Waals surface area contributed by atoms with E-state index in [9.17, 15) is 14.7 Å². The fraction of sp³-hybridized carbons (Fsp3) is 0.100. The summed E-state index contributed by atoms with van der Waals surface area (Å²) in [5, 5.41) is 15.4. The quantitative estimate of drug-likeness (QED) is 0.556. The van der Waals surface area contributed by atoms with E-state index in [1.54, 1.807) is 48.5 Å². The lowest BCUT2D eigenvalue weighted by Crippen LogP contribution is -2.06. The van der Waals surface area contributed by atoms with Gasteiger partial charge in [0.1, 0.15) is 5.82 Å². The molecule has 0 fully saturated rings. The first-order chi connectivity index (χ1) is 13.5. The maximum absolute atomic E-state index is 11.5. The monoisotopic (exact) mass is 378 g/mol. The molecule has 142 valence electrons. The smallest absolute Gasteiger partial charge is 0.337 e. The molecular formula is C20H18N4O4. The number of ether oxygens (including phenoxy) is 1. The van der Waals surface area contributed by atoms with E-state index in [1.165, 1.54) is 13.2 Å². The molecule has 0 bridgehead atoms. The second-order valence-corrected chi connectivity index (χ2v) is 5.89. The number of nitrogens with zero attached hydrogens (tertiary/aromatic N) is 2. The van der Waals surface area contributed by atoms with Crippen molar-refractivity contribution < 1.29 is 19.4 Å². The molecule has 3 N–H and O–H groups in total. The molecule has 0 radical (unpaired) electrons. The Labute approximate surface area is 161 Å². The van der Waals surface area contributed by atoms with E-state index in [0.717, 1.165) is 0 Å². The minimum atomic E-state index is -1.03. The van der Waals surface area contributed by atoms with Gasteiger partial charge in [-0.3, -0.25) is 0 Å². The minimum absolute atomic E-state index is 0.145. The molecule has 0 aliphatic rings. The van der Waals surface area contributed by atoms with Crippen LogP contribution in [0.25, 0.3) is 0 Å². The molecule has 8 nitrogen and oxygen atoms in total. The number of benzene rings is 2. The second-order valence-electron chi connectivity index (χ2n) is 5.89. The number of carbonyl (C=O) groups excluding carboxylic acids is 1. The van der Waals surface area contributed by atoms with Crippen LogP contribution in [0.5, 0.6) is 0 Å². The van der Waals surface area contributed by atoms with Crippen molar-refractivity contribution in [2.75, 3.05) is 17.7 Å². The van der Waals surface area contributed by atoms with Crippen LogP contribution in [0, 0.1) is 6.92 Å². The number of carbonyl (C=O) groups is 2. The number of hydrogen-bond donors (Lipinski definition) is 3. The van der Waals surface area contributed by atoms with Gasteiger partial charge in [0.05, 0.1) is 23.9 Å². The highest BCUT2D eigenvalue weighted by molar-refractivity contribution is 5.95. The van der Waals surface area contributed by atoms with Crippen molar-refractivity contribution in [3.05, 3.63) is 71.4 Å². The maximum Gasteiger partial charge on any atom is 0.337 e. The highest BCUT2D eigenvalue weighted by Gasteiger charge is 2.11. The summed E-state index contributed by atoms with van der Waals surface area (Å²) in [6.07, 6.45) is 0. The molecule has 0 atom stereocenters. The topological polar surface area (TPSA) is 113 Å². The molecule has 0 amide bonds. The molecule has 0 unspecified atom stereocenters. The molecule has 0 aliphatic carbocycles. The van der Waals surface area contributed by atoms with Gasteiger partial charge in [0.25, 0.3) is 0 Å². The van der Waals surface area contributed by atoms with Gasteiger partial charge in [-0.05, 0) is 43.3 Å². The van der Waals surface area contributed by atoms with Crippen molar-refractivity contribution in [3.63, 3.8) is 0 Å². The largest absolute Gasteiger partial charge is 0.478 e. The highest BCUT2D eigenvalue weighted by atomic mass is 16.5. The maximum atomic E-state index is 11.5. The average molecular weight is 378 g/mol. The van der Waals surface area contributed by atoms with Crippen LogP contribution in [0.15, 0.2) is 54.6 Å². The molecule has 3 aromatic rings. The van der Waals surface area contributed by atoms with Gasteiger partial charge in [-0.1, -0.05) is 12.1 Å². The zero-order valence-corrected chi connectivity index (χ0v) is 15.3. The van der Waals surface area contributed by atoms with Crippen LogP contribution in [0.3, 0.4) is 0 Å². The van der Waals surface area contributed by atoms with Crippen LogP contribution in [0.4, 0.5) is 23.1 Å². The zero-order chi connectivity index (χ0) is 20.1. The number of rotatable bonds is 6. The van der Waals surface area contributed by atoms with E-state index in [2.05, 4.69) is 25.3 Å². The second kappa shape index (κ2) is 8.17. The molecule has 3 rings (SSSR count). The number of hydrogen-bond acceptors (Lipinski definition) is 7. The molecule has 0 spiro atoms. The molecule has 2 aromatic carbocycles. The van der Waals surface area contributed by atoms with Crippen LogP contribution in [-0.2, 0) is 4.74 Å². The fourth-order valence-electron chi connectivity index (χ4n) is 2.54. The Morgan fingerprint density at radius 2 is 1.71 bits per heavy atom. The Balaban J connectivity index is 1.82. The first kappa shape index (κ1) is 18.8. The summed E-state index contributed by atoms with van der Waals surface area (Å²) in [7, 11) is 1.33. The molecule has 0 saturated carbocycles. The van der Waals surface area contributed by atoms with Crippen LogP contribution < -0.4 is 10.6 Å². The number of methoxy groups -OCH3 is 1. The van der Waals surface area contributed by atoms with Crippen LogP contribution in [0.1, 0.15) is 26.4 Å². The fourth-order valence-corrected chi connectivity index (χ4v) is 2.54. The van der Waals surface area contributed by atoms with Crippen molar-refractivity contribution in [2.45, 2.75) is 6.92 Å². The summed E-state index contributed by atoms with van der Waals surface area (Å²) in [5.41, 5.74) is 2.40. The van der Waals surface area contributed by atoms with Crippen LogP contribution >= 0.6 is 0 Å². The lowest BCUT2D eigenvalue weighted by atomic mass is 10.2. The third-order valence-electron chi connectivity index (χ3n) is 3.84. The molecule has 1 heterocycles. The number of para-hydroxylation sites is 1. The van der Waals surface area contributed by atoms with Gasteiger partial charge < -0.3 is 20.5 Å². The Kier molecular flexibility index (Phi) is 5.50. The molecule has 28 heavy (non-hydrogen) atoms. The Bertz CT molecular complexity index is 1020. The van der Waals surface area contributed by atoms with E-state index in [-0.39, 0.29) is 5.56 Å². The molecule has 1 aromatic heterocycles. The zero-order valence-electron chi connectivity index (χ0n) is 15.3. The number of anilines is 4. The average Bonchev–Trinajstić information content (AvgIpc) is 2.68. The van der Waals surface area contributed by atoms with Gasteiger partial charge in [0.15, 0.2) is 0 Å². The van der Waals surface area contributed by atoms with Crippen molar-refractivity contribution in [2.24, 2.45) is 0 Å². The third-order valence-corrected chi connectivity index (χ3v) is 3.84. The van der Waals surface area contributed by atoms with Gasteiger partial charge in [0.2, 0.25) is 5.95 Å². The predicted octanol–water partition coefficient (Wildman–Crippen LogP) is 3.76. The Morgan fingerprint density at radius 1 is 1.00 bits per heavy atom. The molecule has 8 heteroatoms. The molecule has 0 aliphatic heterocycles. The summed E-state index contributed by atoms with van der Waals surface area (Å²) in [5.74, 6) is -0.657. The first-order valence-electron chi connectivity index (χ1n) is 8.36. The number of esters is 1. The van der Waals surface area contributed by atoms with E-state index < -0.39 is 11.9 Å². The van der Waals surface area contributed by atoms with Gasteiger partial charge in [-0.15, -0.1) is 0 Å². The molecular weight excluding hydrogens is 360 g/mol. The molecule has 0 saturated heterocycles. The number of nitrogens with one attached hydrogen (secondary N) is 2. The lowest BCUT2D eigenvalue weighted by Gasteiger charge is -2.11. The Hall–Kier alpha value is -3.94. The highest BCUT2D eigenvalue weighted by Crippen LogP contribution is 2.22. The van der Waals surface area contributed by atoms with Crippen molar-refractivity contribution >= 4 is 35.1 Å². The Morgan fingerprint density at radius 3 is 2.39 bits per heavy atom. The predicted molar refractivity (Wildman–Crippen MR) is 105 cm³/mol. The SMILES string of the molecule is COC(=O)c1ccc(Nc2nc(C)cc(Nc3ccccc3C(=O)O)n2)cc1. The van der Waals surface area contributed by atoms with Crippen molar-refractivity contribution in [1.82, 2.24) is 9.97 Å². The van der Waals surface area contributed by atoms with Gasteiger partial charge in [-0.2, -0.15) is 4.98 Å². The standard InChI is InChI=1S/C20H18N4O4/c1-12-11-17(23-16-6-4-3-5-15(16)18(25)26)24-20(21-12)22-14-9-7-13(8-10-14)19(27)28-2/h3-11H,1-2H3,(H,25,26)(H2,21,22,23,24). The van der Waals surface area contributed by atoms with Crippen LogP contribution in [-0.4, -0.2) is 34.1 Å². The van der Waals surface area contributed by atoms with Gasteiger partial charge >= 0.3 is 11.9 Å². The first-order valence-corrected chi connectivity index (χ1v) is 8.36. The van der Waals surface area contributed by atoms with E-state index >= 15 is 0 Å². The summed E-state index contributed by atoms with van der Waals surface area (Å²) < 4.78 is 4.67. The summed E-state index contributed by atoms with van der Waals surface area (Å²) in [6.45, 7) is 1.81. The number of carboxylic acid groups (broad SMARTS) is 1. The number of carboxylic acids is 1. The number of aromatic carboxylic acids is 1. The van der Waals surface area contributed by atoms with E-state index in [4.69, 9.17) is 0 Å². The van der Waals surface area contributed by atoms with E-state index in [1.807, 2.05) is 6.92 Å². The normalized spacial score (nSPS) is 10.2. The van der Waals surface area contributed by atoms with Crippen molar-refractivity contribution in [1.29, 1.82) is 0 Å².